The predicted molar refractivity (Wildman–Crippen MR) is 134 cm³/mol. The highest BCUT2D eigenvalue weighted by atomic mass is 127. The molecule has 0 aliphatic heterocycles. The van der Waals surface area contributed by atoms with Crippen LogP contribution in [0.15, 0.2) is 82.7 Å². The predicted octanol–water partition coefficient (Wildman–Crippen LogP) is 4.08. The molecule has 0 atom stereocenters. The number of halogens is 1. The summed E-state index contributed by atoms with van der Waals surface area (Å²) in [6.45, 7) is 6.86. The summed E-state index contributed by atoms with van der Waals surface area (Å²) >= 11 is 0. The molecule has 2 N–H and O–H groups in total. The first-order valence-electron chi connectivity index (χ1n) is 9.95. The SMILES string of the molecule is CCNC(=NCc1ccc(Cn2ccccc2=O)cc1)NCc1ccc(C)cc1.I. The maximum Gasteiger partial charge on any atom is 0.250 e. The van der Waals surface area contributed by atoms with Gasteiger partial charge in [0.05, 0.1) is 13.1 Å². The quantitative estimate of drug-likeness (QED) is 0.283. The molecule has 0 radical (unpaired) electrons. The normalized spacial score (nSPS) is 10.9. The van der Waals surface area contributed by atoms with Gasteiger partial charge in [0, 0.05) is 25.4 Å². The van der Waals surface area contributed by atoms with Gasteiger partial charge in [-0.2, -0.15) is 0 Å². The summed E-state index contributed by atoms with van der Waals surface area (Å²) in [5.41, 5.74) is 4.71. The highest BCUT2D eigenvalue weighted by Crippen LogP contribution is 2.07. The standard InChI is InChI=1S/C24H28N4O.HI/c1-3-25-24(26-16-20-9-7-19(2)8-10-20)27-17-21-11-13-22(14-12-21)18-28-15-5-4-6-23(28)29;/h4-15H,3,16-18H2,1-2H3,(H2,25,26,27);1H. The number of nitrogens with one attached hydrogen (secondary N) is 2. The second kappa shape index (κ2) is 12.2. The van der Waals surface area contributed by atoms with Crippen LogP contribution < -0.4 is 16.2 Å². The summed E-state index contributed by atoms with van der Waals surface area (Å²) < 4.78 is 1.70. The fraction of sp³-hybridized carbons (Fsp3) is 0.250. The van der Waals surface area contributed by atoms with Gasteiger partial charge in [-0.3, -0.25) is 4.79 Å². The lowest BCUT2D eigenvalue weighted by Gasteiger charge is -2.12. The molecule has 0 aliphatic carbocycles. The largest absolute Gasteiger partial charge is 0.357 e. The average molecular weight is 516 g/mol. The maximum absolute atomic E-state index is 11.8. The highest BCUT2D eigenvalue weighted by Gasteiger charge is 2.01. The Hall–Kier alpha value is -2.61. The van der Waals surface area contributed by atoms with E-state index in [0.29, 0.717) is 13.1 Å². The third kappa shape index (κ3) is 7.33. The van der Waals surface area contributed by atoms with Crippen molar-refractivity contribution in [1.29, 1.82) is 0 Å². The van der Waals surface area contributed by atoms with E-state index in [1.807, 2.05) is 12.3 Å². The van der Waals surface area contributed by atoms with Crippen molar-refractivity contribution < 1.29 is 0 Å². The van der Waals surface area contributed by atoms with Crippen LogP contribution in [-0.4, -0.2) is 17.1 Å². The minimum Gasteiger partial charge on any atom is -0.357 e. The van der Waals surface area contributed by atoms with Crippen LogP contribution in [0.2, 0.25) is 0 Å². The van der Waals surface area contributed by atoms with Crippen molar-refractivity contribution in [2.75, 3.05) is 6.54 Å². The first-order chi connectivity index (χ1) is 14.1. The van der Waals surface area contributed by atoms with E-state index in [0.717, 1.165) is 30.2 Å². The minimum atomic E-state index is 0. The number of guanidine groups is 1. The molecular weight excluding hydrogens is 487 g/mol. The van der Waals surface area contributed by atoms with Crippen LogP contribution in [0.5, 0.6) is 0 Å². The molecule has 0 unspecified atom stereocenters. The third-order valence-electron chi connectivity index (χ3n) is 4.62. The first kappa shape index (κ1) is 23.7. The molecule has 1 aromatic heterocycles. The Labute approximate surface area is 195 Å². The molecule has 0 spiro atoms. The van der Waals surface area contributed by atoms with Gasteiger partial charge in [-0.15, -0.1) is 24.0 Å². The Morgan fingerprint density at radius 3 is 2.23 bits per heavy atom. The van der Waals surface area contributed by atoms with E-state index in [1.54, 1.807) is 16.7 Å². The number of aliphatic imine (C=N–C) groups is 1. The zero-order chi connectivity index (χ0) is 20.5. The molecule has 5 nitrogen and oxygen atoms in total. The molecule has 0 saturated carbocycles. The van der Waals surface area contributed by atoms with Crippen LogP contribution in [0.4, 0.5) is 0 Å². The van der Waals surface area contributed by atoms with E-state index in [4.69, 9.17) is 0 Å². The number of aromatic nitrogens is 1. The van der Waals surface area contributed by atoms with Crippen LogP contribution in [0.3, 0.4) is 0 Å². The van der Waals surface area contributed by atoms with Gasteiger partial charge in [0.1, 0.15) is 0 Å². The summed E-state index contributed by atoms with van der Waals surface area (Å²) in [5.74, 6) is 0.799. The van der Waals surface area contributed by atoms with Crippen LogP contribution in [0.25, 0.3) is 0 Å². The molecule has 0 fully saturated rings. The second-order valence-corrected chi connectivity index (χ2v) is 7.02. The van der Waals surface area contributed by atoms with Crippen molar-refractivity contribution >= 4 is 29.9 Å². The summed E-state index contributed by atoms with van der Waals surface area (Å²) in [6, 6.07) is 21.9. The lowest BCUT2D eigenvalue weighted by atomic mass is 10.1. The molecule has 0 amide bonds. The number of hydrogen-bond acceptors (Lipinski definition) is 2. The Morgan fingerprint density at radius 1 is 0.900 bits per heavy atom. The van der Waals surface area contributed by atoms with E-state index >= 15 is 0 Å². The highest BCUT2D eigenvalue weighted by molar-refractivity contribution is 14.0. The van der Waals surface area contributed by atoms with Gasteiger partial charge in [0.15, 0.2) is 5.96 Å². The van der Waals surface area contributed by atoms with Crippen molar-refractivity contribution in [1.82, 2.24) is 15.2 Å². The lowest BCUT2D eigenvalue weighted by molar-refractivity contribution is 0.759. The van der Waals surface area contributed by atoms with E-state index in [2.05, 4.69) is 78.0 Å². The molecule has 0 aliphatic rings. The van der Waals surface area contributed by atoms with Gasteiger partial charge < -0.3 is 15.2 Å². The zero-order valence-electron chi connectivity index (χ0n) is 17.5. The third-order valence-corrected chi connectivity index (χ3v) is 4.62. The van der Waals surface area contributed by atoms with Crippen LogP contribution in [0, 0.1) is 6.92 Å². The topological polar surface area (TPSA) is 58.4 Å². The van der Waals surface area contributed by atoms with Gasteiger partial charge >= 0.3 is 0 Å². The Balaban J connectivity index is 0.00000320. The van der Waals surface area contributed by atoms with Crippen molar-refractivity contribution in [3.05, 3.63) is 106 Å². The number of hydrogen-bond donors (Lipinski definition) is 2. The summed E-state index contributed by atoms with van der Waals surface area (Å²) in [4.78, 5) is 16.5. The first-order valence-corrected chi connectivity index (χ1v) is 9.95. The molecule has 3 aromatic rings. The lowest BCUT2D eigenvalue weighted by Crippen LogP contribution is -2.36. The second-order valence-electron chi connectivity index (χ2n) is 7.02. The Morgan fingerprint density at radius 2 is 1.57 bits per heavy atom. The molecule has 0 saturated heterocycles. The van der Waals surface area contributed by atoms with E-state index in [9.17, 15) is 4.79 Å². The molecule has 3 rings (SSSR count). The van der Waals surface area contributed by atoms with Crippen LogP contribution in [0.1, 0.15) is 29.2 Å². The van der Waals surface area contributed by atoms with Crippen molar-refractivity contribution in [3.8, 4) is 0 Å². The fourth-order valence-corrected chi connectivity index (χ4v) is 2.94. The summed E-state index contributed by atoms with van der Waals surface area (Å²) in [6.07, 6.45) is 1.81. The van der Waals surface area contributed by atoms with Crippen molar-refractivity contribution in [3.63, 3.8) is 0 Å². The van der Waals surface area contributed by atoms with E-state index in [1.165, 1.54) is 11.1 Å². The molecular formula is C24H29IN4O. The molecule has 30 heavy (non-hydrogen) atoms. The minimum absolute atomic E-state index is 0. The van der Waals surface area contributed by atoms with Gasteiger partial charge in [-0.25, -0.2) is 4.99 Å². The zero-order valence-corrected chi connectivity index (χ0v) is 19.8. The van der Waals surface area contributed by atoms with Gasteiger partial charge in [-0.05, 0) is 36.6 Å². The number of benzene rings is 2. The fourth-order valence-electron chi connectivity index (χ4n) is 2.94. The number of aryl methyl sites for hydroxylation is 1. The Bertz CT molecular complexity index is 995. The van der Waals surface area contributed by atoms with Gasteiger partial charge in [-0.1, -0.05) is 60.2 Å². The van der Waals surface area contributed by atoms with Crippen molar-refractivity contribution in [2.45, 2.75) is 33.5 Å². The number of nitrogens with zero attached hydrogens (tertiary/aromatic N) is 2. The smallest absolute Gasteiger partial charge is 0.250 e. The molecule has 1 heterocycles. The van der Waals surface area contributed by atoms with Gasteiger partial charge in [0.25, 0.3) is 5.56 Å². The van der Waals surface area contributed by atoms with Gasteiger partial charge in [0.2, 0.25) is 0 Å². The Kier molecular flexibility index (Phi) is 9.60. The number of pyridine rings is 1. The number of rotatable bonds is 7. The van der Waals surface area contributed by atoms with E-state index < -0.39 is 0 Å². The van der Waals surface area contributed by atoms with Crippen LogP contribution >= 0.6 is 24.0 Å². The van der Waals surface area contributed by atoms with Crippen LogP contribution in [-0.2, 0) is 19.6 Å². The molecule has 6 heteroatoms. The maximum atomic E-state index is 11.8. The monoisotopic (exact) mass is 516 g/mol. The summed E-state index contributed by atoms with van der Waals surface area (Å²) in [5, 5.41) is 6.66. The molecule has 158 valence electrons. The van der Waals surface area contributed by atoms with E-state index in [-0.39, 0.29) is 29.5 Å². The van der Waals surface area contributed by atoms with Crippen molar-refractivity contribution in [2.24, 2.45) is 4.99 Å². The molecule has 0 bridgehead atoms. The summed E-state index contributed by atoms with van der Waals surface area (Å²) in [7, 11) is 0. The molecule has 2 aromatic carbocycles. The average Bonchev–Trinajstić information content (AvgIpc) is 2.74.